The van der Waals surface area contributed by atoms with Gasteiger partial charge in [0.1, 0.15) is 11.8 Å². The first-order chi connectivity index (χ1) is 13.7. The third-order valence-corrected chi connectivity index (χ3v) is 4.56. The SMILES string of the molecule is Cc1cc(C)c(Oc2nc(-c3cncc(C#N)c3)ccc2NS(C)(=O)=O)c(C)n1. The molecule has 0 atom stereocenters. The number of anilines is 1. The zero-order valence-corrected chi connectivity index (χ0v) is 17.2. The molecular weight excluding hydrogens is 390 g/mol. The molecule has 0 aliphatic heterocycles. The second-order valence-corrected chi connectivity index (χ2v) is 8.34. The number of aromatic nitrogens is 3. The molecule has 0 unspecified atom stereocenters. The molecule has 0 spiro atoms. The van der Waals surface area contributed by atoms with Crippen molar-refractivity contribution in [2.45, 2.75) is 20.8 Å². The predicted octanol–water partition coefficient (Wildman–Crippen LogP) is 3.50. The normalized spacial score (nSPS) is 11.0. The van der Waals surface area contributed by atoms with Crippen molar-refractivity contribution in [3.05, 3.63) is 59.2 Å². The molecule has 148 valence electrons. The van der Waals surface area contributed by atoms with E-state index < -0.39 is 10.0 Å². The summed E-state index contributed by atoms with van der Waals surface area (Å²) in [5, 5.41) is 9.09. The van der Waals surface area contributed by atoms with Crippen LogP contribution in [0.15, 0.2) is 36.7 Å². The summed E-state index contributed by atoms with van der Waals surface area (Å²) in [6, 6.07) is 8.74. The van der Waals surface area contributed by atoms with Crippen LogP contribution in [0.5, 0.6) is 11.6 Å². The van der Waals surface area contributed by atoms with Crippen LogP contribution in [0.2, 0.25) is 0 Å². The lowest BCUT2D eigenvalue weighted by Gasteiger charge is -2.15. The van der Waals surface area contributed by atoms with Gasteiger partial charge in [-0.05, 0) is 50.6 Å². The maximum Gasteiger partial charge on any atom is 0.244 e. The van der Waals surface area contributed by atoms with Crippen molar-refractivity contribution in [3.8, 4) is 29.0 Å². The molecule has 3 heterocycles. The number of rotatable bonds is 5. The lowest BCUT2D eigenvalue weighted by Crippen LogP contribution is -2.11. The van der Waals surface area contributed by atoms with Crippen molar-refractivity contribution in [2.75, 3.05) is 11.0 Å². The Bertz CT molecular complexity index is 1210. The number of hydrogen-bond donors (Lipinski definition) is 1. The fourth-order valence-corrected chi connectivity index (χ4v) is 3.42. The van der Waals surface area contributed by atoms with E-state index in [-0.39, 0.29) is 11.6 Å². The molecular formula is C20H19N5O3S. The van der Waals surface area contributed by atoms with E-state index in [2.05, 4.69) is 19.7 Å². The summed E-state index contributed by atoms with van der Waals surface area (Å²) >= 11 is 0. The number of pyridine rings is 3. The van der Waals surface area contributed by atoms with Crippen LogP contribution in [0, 0.1) is 32.1 Å². The number of hydrogen-bond acceptors (Lipinski definition) is 7. The van der Waals surface area contributed by atoms with Crippen LogP contribution < -0.4 is 9.46 Å². The van der Waals surface area contributed by atoms with Crippen LogP contribution in [0.3, 0.4) is 0 Å². The molecule has 0 aliphatic rings. The predicted molar refractivity (Wildman–Crippen MR) is 109 cm³/mol. The Kier molecular flexibility index (Phi) is 5.48. The van der Waals surface area contributed by atoms with Gasteiger partial charge < -0.3 is 4.74 Å². The van der Waals surface area contributed by atoms with Gasteiger partial charge in [-0.25, -0.2) is 13.4 Å². The van der Waals surface area contributed by atoms with Gasteiger partial charge in [-0.2, -0.15) is 5.26 Å². The molecule has 9 heteroatoms. The second kappa shape index (κ2) is 7.85. The highest BCUT2D eigenvalue weighted by molar-refractivity contribution is 7.92. The van der Waals surface area contributed by atoms with Crippen molar-refractivity contribution in [1.82, 2.24) is 15.0 Å². The summed E-state index contributed by atoms with van der Waals surface area (Å²) in [7, 11) is -3.55. The number of nitrogens with one attached hydrogen (secondary N) is 1. The zero-order chi connectivity index (χ0) is 21.2. The number of nitriles is 1. The summed E-state index contributed by atoms with van der Waals surface area (Å²) in [6.07, 6.45) is 4.07. The molecule has 0 amide bonds. The van der Waals surface area contributed by atoms with Crippen LogP contribution in [-0.4, -0.2) is 29.6 Å². The van der Waals surface area contributed by atoms with E-state index in [0.29, 0.717) is 28.3 Å². The average molecular weight is 409 g/mol. The summed E-state index contributed by atoms with van der Waals surface area (Å²) in [4.78, 5) is 12.9. The Balaban J connectivity index is 2.12. The maximum absolute atomic E-state index is 11.8. The first-order valence-electron chi connectivity index (χ1n) is 8.63. The lowest BCUT2D eigenvalue weighted by molar-refractivity contribution is 0.455. The minimum atomic E-state index is -3.55. The van der Waals surface area contributed by atoms with Gasteiger partial charge in [0, 0.05) is 23.7 Å². The van der Waals surface area contributed by atoms with E-state index in [1.807, 2.05) is 32.9 Å². The van der Waals surface area contributed by atoms with Gasteiger partial charge in [0.2, 0.25) is 15.9 Å². The number of nitrogens with zero attached hydrogens (tertiary/aromatic N) is 4. The molecule has 3 aromatic heterocycles. The number of ether oxygens (including phenoxy) is 1. The maximum atomic E-state index is 11.8. The summed E-state index contributed by atoms with van der Waals surface area (Å²) < 4.78 is 32.0. The molecule has 0 aromatic carbocycles. The molecule has 3 aromatic rings. The van der Waals surface area contributed by atoms with Gasteiger partial charge in [-0.3, -0.25) is 14.7 Å². The smallest absolute Gasteiger partial charge is 0.244 e. The van der Waals surface area contributed by atoms with Gasteiger partial charge in [0.25, 0.3) is 0 Å². The Morgan fingerprint density at radius 2 is 1.86 bits per heavy atom. The quantitative estimate of drug-likeness (QED) is 0.685. The molecule has 0 aliphatic carbocycles. The Labute approximate surface area is 169 Å². The minimum absolute atomic E-state index is 0.0761. The largest absolute Gasteiger partial charge is 0.435 e. The van der Waals surface area contributed by atoms with Crippen LogP contribution >= 0.6 is 0 Å². The van der Waals surface area contributed by atoms with E-state index in [1.165, 1.54) is 6.20 Å². The van der Waals surface area contributed by atoms with E-state index in [4.69, 9.17) is 10.00 Å². The van der Waals surface area contributed by atoms with Gasteiger partial charge in [-0.15, -0.1) is 0 Å². The minimum Gasteiger partial charge on any atom is -0.435 e. The van der Waals surface area contributed by atoms with Crippen molar-refractivity contribution >= 4 is 15.7 Å². The average Bonchev–Trinajstić information content (AvgIpc) is 2.64. The Morgan fingerprint density at radius 1 is 1.10 bits per heavy atom. The molecule has 0 saturated heterocycles. The highest BCUT2D eigenvalue weighted by Crippen LogP contribution is 2.34. The first kappa shape index (κ1) is 20.2. The van der Waals surface area contributed by atoms with E-state index in [1.54, 1.807) is 24.4 Å². The summed E-state index contributed by atoms with van der Waals surface area (Å²) in [5.41, 5.74) is 4.03. The topological polar surface area (TPSA) is 118 Å². The van der Waals surface area contributed by atoms with Crippen LogP contribution in [0.25, 0.3) is 11.3 Å². The Morgan fingerprint density at radius 3 is 2.52 bits per heavy atom. The fraction of sp³-hybridized carbons (Fsp3) is 0.200. The molecule has 3 rings (SSSR count). The van der Waals surface area contributed by atoms with Gasteiger partial charge >= 0.3 is 0 Å². The highest BCUT2D eigenvalue weighted by Gasteiger charge is 2.16. The molecule has 29 heavy (non-hydrogen) atoms. The number of aryl methyl sites for hydroxylation is 3. The van der Waals surface area contributed by atoms with Gasteiger partial charge in [-0.1, -0.05) is 0 Å². The molecule has 1 N–H and O–H groups in total. The Hall–Kier alpha value is -3.51. The van der Waals surface area contributed by atoms with Crippen LogP contribution in [0.4, 0.5) is 5.69 Å². The lowest BCUT2D eigenvalue weighted by atomic mass is 10.1. The van der Waals surface area contributed by atoms with E-state index >= 15 is 0 Å². The summed E-state index contributed by atoms with van der Waals surface area (Å²) in [5.74, 6) is 0.577. The first-order valence-corrected chi connectivity index (χ1v) is 10.5. The third-order valence-electron chi connectivity index (χ3n) is 3.97. The third kappa shape index (κ3) is 4.86. The number of sulfonamides is 1. The fourth-order valence-electron chi connectivity index (χ4n) is 2.86. The highest BCUT2D eigenvalue weighted by atomic mass is 32.2. The van der Waals surface area contributed by atoms with Gasteiger partial charge in [0.15, 0.2) is 5.75 Å². The van der Waals surface area contributed by atoms with Crippen LogP contribution in [0.1, 0.15) is 22.5 Å². The van der Waals surface area contributed by atoms with Gasteiger partial charge in [0.05, 0.1) is 23.2 Å². The second-order valence-electron chi connectivity index (χ2n) is 6.59. The molecule has 0 radical (unpaired) electrons. The van der Waals surface area contributed by atoms with Crippen LogP contribution in [-0.2, 0) is 10.0 Å². The molecule has 8 nitrogen and oxygen atoms in total. The zero-order valence-electron chi connectivity index (χ0n) is 16.4. The molecule has 0 saturated carbocycles. The summed E-state index contributed by atoms with van der Waals surface area (Å²) in [6.45, 7) is 5.57. The standard InChI is InChI=1S/C20H19N5O3S/c1-12-7-13(2)23-14(3)19(12)28-20-18(25-29(4,26)27)6-5-17(24-20)16-8-15(9-21)10-22-11-16/h5-8,10-11,25H,1-4H3. The molecule has 0 fully saturated rings. The monoisotopic (exact) mass is 409 g/mol. The van der Waals surface area contributed by atoms with E-state index in [9.17, 15) is 8.42 Å². The van der Waals surface area contributed by atoms with Crippen molar-refractivity contribution in [1.29, 1.82) is 5.26 Å². The van der Waals surface area contributed by atoms with Crippen molar-refractivity contribution in [3.63, 3.8) is 0 Å². The molecule has 0 bridgehead atoms. The van der Waals surface area contributed by atoms with Crippen molar-refractivity contribution in [2.24, 2.45) is 0 Å². The van der Waals surface area contributed by atoms with E-state index in [0.717, 1.165) is 17.5 Å². The van der Waals surface area contributed by atoms with Crippen molar-refractivity contribution < 1.29 is 13.2 Å².